The number of ketones is 1. The Balaban J connectivity index is 2.05. The van der Waals surface area contributed by atoms with Gasteiger partial charge in [0.1, 0.15) is 5.78 Å². The molecule has 1 saturated heterocycles. The minimum atomic E-state index is 0.477. The first-order chi connectivity index (χ1) is 5.77. The second-order valence-corrected chi connectivity index (χ2v) is 4.23. The fourth-order valence-electron chi connectivity index (χ4n) is 2.66. The molecule has 0 N–H and O–H groups in total. The summed E-state index contributed by atoms with van der Waals surface area (Å²) in [6.45, 7) is 1.19. The van der Waals surface area contributed by atoms with Crippen LogP contribution in [0.3, 0.4) is 0 Å². The van der Waals surface area contributed by atoms with Gasteiger partial charge in [-0.1, -0.05) is 0 Å². The van der Waals surface area contributed by atoms with Crippen molar-refractivity contribution in [3.8, 4) is 0 Å². The molecule has 2 fully saturated rings. The third-order valence-corrected chi connectivity index (χ3v) is 3.43. The highest BCUT2D eigenvalue weighted by Gasteiger charge is 2.34. The first kappa shape index (κ1) is 8.24. The largest absolute Gasteiger partial charge is 0.303 e. The van der Waals surface area contributed by atoms with Crippen molar-refractivity contribution in [2.45, 2.75) is 38.1 Å². The van der Waals surface area contributed by atoms with E-state index in [-0.39, 0.29) is 0 Å². The van der Waals surface area contributed by atoms with Gasteiger partial charge in [0.25, 0.3) is 0 Å². The highest BCUT2D eigenvalue weighted by molar-refractivity contribution is 5.79. The fraction of sp³-hybridized carbons (Fsp3) is 0.900. The molecule has 2 atom stereocenters. The maximum absolute atomic E-state index is 11.2. The van der Waals surface area contributed by atoms with Crippen LogP contribution in [0, 0.1) is 5.92 Å². The SMILES string of the molecule is CN1CCCC2CCC(=O)CC21. The minimum Gasteiger partial charge on any atom is -0.303 e. The first-order valence-electron chi connectivity index (χ1n) is 4.99. The lowest BCUT2D eigenvalue weighted by molar-refractivity contribution is -0.123. The minimum absolute atomic E-state index is 0.477. The van der Waals surface area contributed by atoms with Gasteiger partial charge in [-0.3, -0.25) is 4.79 Å². The average molecular weight is 167 g/mol. The van der Waals surface area contributed by atoms with Gasteiger partial charge in [0.05, 0.1) is 0 Å². The summed E-state index contributed by atoms with van der Waals surface area (Å²) in [5.41, 5.74) is 0. The van der Waals surface area contributed by atoms with Crippen LogP contribution >= 0.6 is 0 Å². The van der Waals surface area contributed by atoms with E-state index in [4.69, 9.17) is 0 Å². The Morgan fingerprint density at radius 1 is 1.42 bits per heavy atom. The Hall–Kier alpha value is -0.370. The maximum Gasteiger partial charge on any atom is 0.134 e. The number of nitrogens with zero attached hydrogens (tertiary/aromatic N) is 1. The Morgan fingerprint density at radius 2 is 2.25 bits per heavy atom. The number of fused-ring (bicyclic) bond motifs is 1. The zero-order valence-electron chi connectivity index (χ0n) is 7.75. The number of Topliss-reactive ketones (excluding diaryl/α,β-unsaturated/α-hetero) is 1. The van der Waals surface area contributed by atoms with Gasteiger partial charge in [0.15, 0.2) is 0 Å². The zero-order valence-corrected chi connectivity index (χ0v) is 7.75. The molecule has 1 aliphatic heterocycles. The molecule has 0 aromatic rings. The normalized spacial score (nSPS) is 37.9. The number of carbonyl (C=O) groups excluding carboxylic acids is 1. The predicted octanol–water partition coefficient (Wildman–Crippen LogP) is 1.45. The Morgan fingerprint density at radius 3 is 3.08 bits per heavy atom. The summed E-state index contributed by atoms with van der Waals surface area (Å²) in [6, 6.07) is 0.583. The lowest BCUT2D eigenvalue weighted by Gasteiger charge is -2.41. The van der Waals surface area contributed by atoms with Crippen molar-refractivity contribution in [3.05, 3.63) is 0 Å². The fourth-order valence-corrected chi connectivity index (χ4v) is 2.66. The highest BCUT2D eigenvalue weighted by Crippen LogP contribution is 2.32. The molecule has 2 aliphatic rings. The highest BCUT2D eigenvalue weighted by atomic mass is 16.1. The number of carbonyl (C=O) groups is 1. The molecular formula is C10H17NO. The van der Waals surface area contributed by atoms with Gasteiger partial charge in [-0.25, -0.2) is 0 Å². The van der Waals surface area contributed by atoms with E-state index in [9.17, 15) is 4.79 Å². The third kappa shape index (κ3) is 1.40. The van der Waals surface area contributed by atoms with E-state index in [2.05, 4.69) is 11.9 Å². The van der Waals surface area contributed by atoms with Gasteiger partial charge in [-0.2, -0.15) is 0 Å². The Bertz CT molecular complexity index is 190. The van der Waals surface area contributed by atoms with Crippen molar-refractivity contribution in [2.75, 3.05) is 13.6 Å². The predicted molar refractivity (Wildman–Crippen MR) is 48.0 cm³/mol. The summed E-state index contributed by atoms with van der Waals surface area (Å²) in [5, 5.41) is 0. The van der Waals surface area contributed by atoms with E-state index >= 15 is 0 Å². The van der Waals surface area contributed by atoms with E-state index in [1.807, 2.05) is 0 Å². The summed E-state index contributed by atoms with van der Waals surface area (Å²) in [5.74, 6) is 1.30. The van der Waals surface area contributed by atoms with Gasteiger partial charge in [-0.05, 0) is 38.8 Å². The molecule has 12 heavy (non-hydrogen) atoms. The monoisotopic (exact) mass is 167 g/mol. The van der Waals surface area contributed by atoms with E-state index in [0.29, 0.717) is 11.8 Å². The van der Waals surface area contributed by atoms with E-state index in [1.54, 1.807) is 0 Å². The van der Waals surface area contributed by atoms with E-state index < -0.39 is 0 Å². The maximum atomic E-state index is 11.2. The van der Waals surface area contributed by atoms with Crippen molar-refractivity contribution in [1.29, 1.82) is 0 Å². The van der Waals surface area contributed by atoms with Crippen molar-refractivity contribution in [2.24, 2.45) is 5.92 Å². The summed E-state index contributed by atoms with van der Waals surface area (Å²) >= 11 is 0. The molecule has 2 heteroatoms. The molecule has 2 rings (SSSR count). The van der Waals surface area contributed by atoms with Crippen molar-refractivity contribution in [3.63, 3.8) is 0 Å². The second kappa shape index (κ2) is 3.17. The molecule has 0 aromatic carbocycles. The Labute approximate surface area is 73.9 Å². The Kier molecular flexibility index (Phi) is 2.18. The molecule has 1 saturated carbocycles. The molecule has 0 amide bonds. The number of rotatable bonds is 0. The quantitative estimate of drug-likeness (QED) is 0.544. The number of likely N-dealkylation sites (tertiary alicyclic amines) is 1. The summed E-state index contributed by atoms with van der Waals surface area (Å²) in [6.07, 6.45) is 5.48. The van der Waals surface area contributed by atoms with Gasteiger partial charge in [0, 0.05) is 18.9 Å². The molecule has 68 valence electrons. The van der Waals surface area contributed by atoms with Crippen LogP contribution in [-0.2, 0) is 4.79 Å². The van der Waals surface area contributed by atoms with Gasteiger partial charge >= 0.3 is 0 Å². The summed E-state index contributed by atoms with van der Waals surface area (Å²) < 4.78 is 0. The van der Waals surface area contributed by atoms with Crippen LogP contribution in [0.2, 0.25) is 0 Å². The molecule has 0 spiro atoms. The average Bonchev–Trinajstić information content (AvgIpc) is 2.07. The van der Waals surface area contributed by atoms with E-state index in [1.165, 1.54) is 19.4 Å². The molecule has 2 unspecified atom stereocenters. The van der Waals surface area contributed by atoms with Crippen LogP contribution in [0.25, 0.3) is 0 Å². The lowest BCUT2D eigenvalue weighted by Crippen LogP contribution is -2.46. The van der Waals surface area contributed by atoms with Gasteiger partial charge in [-0.15, -0.1) is 0 Å². The number of hydrogen-bond acceptors (Lipinski definition) is 2. The van der Waals surface area contributed by atoms with Crippen molar-refractivity contribution in [1.82, 2.24) is 4.90 Å². The second-order valence-electron chi connectivity index (χ2n) is 4.23. The van der Waals surface area contributed by atoms with Crippen LogP contribution in [0.5, 0.6) is 0 Å². The van der Waals surface area contributed by atoms with Crippen molar-refractivity contribution >= 4 is 5.78 Å². The zero-order chi connectivity index (χ0) is 8.55. The number of hydrogen-bond donors (Lipinski definition) is 0. The smallest absolute Gasteiger partial charge is 0.134 e. The number of piperidine rings is 1. The molecule has 1 aliphatic carbocycles. The molecule has 0 radical (unpaired) electrons. The summed E-state index contributed by atoms with van der Waals surface area (Å²) in [7, 11) is 2.16. The molecule has 0 aromatic heterocycles. The molecule has 0 bridgehead atoms. The van der Waals surface area contributed by atoms with Crippen LogP contribution in [0.1, 0.15) is 32.1 Å². The van der Waals surface area contributed by atoms with Gasteiger partial charge < -0.3 is 4.90 Å². The molecule has 2 nitrogen and oxygen atoms in total. The summed E-state index contributed by atoms with van der Waals surface area (Å²) in [4.78, 5) is 13.6. The molecular weight excluding hydrogens is 150 g/mol. The third-order valence-electron chi connectivity index (χ3n) is 3.43. The van der Waals surface area contributed by atoms with Crippen LogP contribution in [0.4, 0.5) is 0 Å². The van der Waals surface area contributed by atoms with Crippen LogP contribution < -0.4 is 0 Å². The topological polar surface area (TPSA) is 20.3 Å². The lowest BCUT2D eigenvalue weighted by atomic mass is 9.78. The standard InChI is InChI=1S/C10H17NO/c1-11-6-2-3-8-4-5-9(12)7-10(8)11/h8,10H,2-7H2,1H3. The molecule has 1 heterocycles. The van der Waals surface area contributed by atoms with Gasteiger partial charge in [0.2, 0.25) is 0 Å². The van der Waals surface area contributed by atoms with Crippen LogP contribution in [-0.4, -0.2) is 30.3 Å². The van der Waals surface area contributed by atoms with E-state index in [0.717, 1.165) is 25.2 Å². The van der Waals surface area contributed by atoms with Crippen LogP contribution in [0.15, 0.2) is 0 Å². The first-order valence-corrected chi connectivity index (χ1v) is 4.99. The van der Waals surface area contributed by atoms with Crippen molar-refractivity contribution < 1.29 is 4.79 Å².